The summed E-state index contributed by atoms with van der Waals surface area (Å²) in [6.45, 7) is 2.47. The molecule has 1 aliphatic rings. The lowest BCUT2D eigenvalue weighted by Crippen LogP contribution is -2.58. The summed E-state index contributed by atoms with van der Waals surface area (Å²) >= 11 is 5.94. The molecule has 0 aliphatic carbocycles. The van der Waals surface area contributed by atoms with Crippen LogP contribution in [0.1, 0.15) is 11.3 Å². The molecule has 1 aliphatic heterocycles. The van der Waals surface area contributed by atoms with Crippen molar-refractivity contribution in [3.8, 4) is 11.8 Å². The number of aryl methyl sites for hydroxylation is 1. The van der Waals surface area contributed by atoms with Gasteiger partial charge in [-0.15, -0.1) is 0 Å². The van der Waals surface area contributed by atoms with Crippen LogP contribution < -0.4 is 4.90 Å². The fourth-order valence-corrected chi connectivity index (χ4v) is 2.46. The summed E-state index contributed by atoms with van der Waals surface area (Å²) in [4.78, 5) is 6.04. The first-order valence-electron chi connectivity index (χ1n) is 6.69. The van der Waals surface area contributed by atoms with Crippen LogP contribution in [0.25, 0.3) is 0 Å². The predicted octanol–water partition coefficient (Wildman–Crippen LogP) is 3.62. The van der Waals surface area contributed by atoms with Crippen molar-refractivity contribution in [2.24, 2.45) is 0 Å². The van der Waals surface area contributed by atoms with E-state index >= 15 is 0 Å². The highest BCUT2D eigenvalue weighted by Gasteiger charge is 2.42. The Hall–Kier alpha value is -2.05. The molecule has 1 saturated heterocycles. The molecule has 0 amide bonds. The number of nitrogens with zero attached hydrogens (tertiary/aromatic N) is 2. The molecule has 3 rings (SSSR count). The Bertz CT molecular complexity index is 727. The van der Waals surface area contributed by atoms with Crippen molar-refractivity contribution >= 4 is 17.3 Å². The van der Waals surface area contributed by atoms with E-state index in [2.05, 4.69) is 16.8 Å². The number of aromatic nitrogens is 1. The van der Waals surface area contributed by atoms with Crippen LogP contribution in [0.3, 0.4) is 0 Å². The van der Waals surface area contributed by atoms with Crippen LogP contribution in [0.2, 0.25) is 5.02 Å². The molecule has 0 saturated carbocycles. The zero-order chi connectivity index (χ0) is 14.9. The van der Waals surface area contributed by atoms with Gasteiger partial charge in [0.2, 0.25) is 5.67 Å². The van der Waals surface area contributed by atoms with Gasteiger partial charge in [-0.2, -0.15) is 0 Å². The van der Waals surface area contributed by atoms with Gasteiger partial charge < -0.3 is 4.90 Å². The number of hydrogen-bond acceptors (Lipinski definition) is 2. The van der Waals surface area contributed by atoms with Gasteiger partial charge in [0.25, 0.3) is 0 Å². The summed E-state index contributed by atoms with van der Waals surface area (Å²) in [6, 6.07) is 11.1. The minimum absolute atomic E-state index is 0.256. The predicted molar refractivity (Wildman–Crippen MR) is 83.4 cm³/mol. The van der Waals surface area contributed by atoms with Gasteiger partial charge in [0.05, 0.1) is 13.1 Å². The molecule has 2 heterocycles. The van der Waals surface area contributed by atoms with Crippen molar-refractivity contribution in [3.63, 3.8) is 0 Å². The highest BCUT2D eigenvalue weighted by molar-refractivity contribution is 6.30. The Morgan fingerprint density at radius 1 is 1.29 bits per heavy atom. The second-order valence-corrected chi connectivity index (χ2v) is 5.71. The lowest BCUT2D eigenvalue weighted by atomic mass is 9.96. The van der Waals surface area contributed by atoms with E-state index < -0.39 is 5.67 Å². The Labute approximate surface area is 128 Å². The topological polar surface area (TPSA) is 16.1 Å². The van der Waals surface area contributed by atoms with Gasteiger partial charge in [0.15, 0.2) is 0 Å². The van der Waals surface area contributed by atoms with Crippen LogP contribution in [-0.4, -0.2) is 23.7 Å². The van der Waals surface area contributed by atoms with E-state index in [0.29, 0.717) is 10.7 Å². The van der Waals surface area contributed by atoms with Crippen LogP contribution in [0, 0.1) is 18.8 Å². The van der Waals surface area contributed by atoms with E-state index in [-0.39, 0.29) is 13.1 Å². The molecule has 0 bridgehead atoms. The molecule has 0 atom stereocenters. The Kier molecular flexibility index (Phi) is 3.57. The largest absolute Gasteiger partial charge is 0.363 e. The van der Waals surface area contributed by atoms with Gasteiger partial charge in [-0.3, -0.25) is 0 Å². The number of benzene rings is 1. The van der Waals surface area contributed by atoms with Crippen molar-refractivity contribution in [2.45, 2.75) is 12.6 Å². The maximum atomic E-state index is 14.5. The summed E-state index contributed by atoms with van der Waals surface area (Å²) in [5, 5.41) is 0.652. The fraction of sp³-hybridized carbons (Fsp3) is 0.235. The first kappa shape index (κ1) is 13.9. The van der Waals surface area contributed by atoms with E-state index in [1.165, 1.54) is 0 Å². The van der Waals surface area contributed by atoms with Crippen molar-refractivity contribution in [1.82, 2.24) is 4.98 Å². The average molecular weight is 301 g/mol. The van der Waals surface area contributed by atoms with E-state index in [9.17, 15) is 4.39 Å². The number of alkyl halides is 1. The zero-order valence-corrected chi connectivity index (χ0v) is 12.4. The summed E-state index contributed by atoms with van der Waals surface area (Å²) in [5.74, 6) is 5.52. The molecule has 1 aromatic heterocycles. The van der Waals surface area contributed by atoms with Gasteiger partial charge in [-0.05, 0) is 48.7 Å². The quantitative estimate of drug-likeness (QED) is 0.748. The SMILES string of the molecule is Cc1ccnc(C#CC2(F)CN(c3cccc(Cl)c3)C2)c1. The van der Waals surface area contributed by atoms with Crippen molar-refractivity contribution in [1.29, 1.82) is 0 Å². The molecule has 2 nitrogen and oxygen atoms in total. The minimum atomic E-state index is -1.48. The van der Waals surface area contributed by atoms with E-state index in [1.54, 1.807) is 12.3 Å². The van der Waals surface area contributed by atoms with Gasteiger partial charge in [0.1, 0.15) is 5.69 Å². The first-order valence-corrected chi connectivity index (χ1v) is 7.07. The van der Waals surface area contributed by atoms with Crippen LogP contribution in [0.15, 0.2) is 42.6 Å². The lowest BCUT2D eigenvalue weighted by molar-refractivity contribution is 0.192. The van der Waals surface area contributed by atoms with E-state index in [0.717, 1.165) is 11.3 Å². The highest BCUT2D eigenvalue weighted by Crippen LogP contribution is 2.31. The third-order valence-corrected chi connectivity index (χ3v) is 3.62. The number of pyridine rings is 1. The minimum Gasteiger partial charge on any atom is -0.363 e. The summed E-state index contributed by atoms with van der Waals surface area (Å²) < 4.78 is 14.5. The van der Waals surface area contributed by atoms with Gasteiger partial charge in [-0.1, -0.05) is 23.6 Å². The monoisotopic (exact) mass is 300 g/mol. The highest BCUT2D eigenvalue weighted by atomic mass is 35.5. The molecular formula is C17H14ClFN2. The van der Waals surface area contributed by atoms with E-state index in [4.69, 9.17) is 11.6 Å². The molecular weight excluding hydrogens is 287 g/mol. The molecule has 0 N–H and O–H groups in total. The van der Waals surface area contributed by atoms with Crippen LogP contribution in [-0.2, 0) is 0 Å². The Morgan fingerprint density at radius 2 is 2.10 bits per heavy atom. The molecule has 0 radical (unpaired) electrons. The van der Waals surface area contributed by atoms with Gasteiger partial charge in [0, 0.05) is 16.9 Å². The Morgan fingerprint density at radius 3 is 2.81 bits per heavy atom. The van der Waals surface area contributed by atoms with Crippen LogP contribution >= 0.6 is 11.6 Å². The Balaban J connectivity index is 1.70. The van der Waals surface area contributed by atoms with Crippen molar-refractivity contribution < 1.29 is 4.39 Å². The smallest absolute Gasteiger partial charge is 0.205 e. The number of halogens is 2. The number of anilines is 1. The second-order valence-electron chi connectivity index (χ2n) is 5.27. The molecule has 106 valence electrons. The molecule has 1 fully saturated rings. The van der Waals surface area contributed by atoms with Gasteiger partial charge >= 0.3 is 0 Å². The molecule has 21 heavy (non-hydrogen) atoms. The molecule has 0 spiro atoms. The van der Waals surface area contributed by atoms with Crippen LogP contribution in [0.5, 0.6) is 0 Å². The number of hydrogen-bond donors (Lipinski definition) is 0. The molecule has 2 aromatic rings. The zero-order valence-electron chi connectivity index (χ0n) is 11.6. The standard InChI is InChI=1S/C17H14ClFN2/c1-13-6-8-20-15(9-13)5-7-17(19)11-21(12-17)16-4-2-3-14(18)10-16/h2-4,6,8-10H,11-12H2,1H3. The van der Waals surface area contributed by atoms with Crippen molar-refractivity contribution in [2.75, 3.05) is 18.0 Å². The third-order valence-electron chi connectivity index (χ3n) is 3.39. The molecule has 4 heteroatoms. The molecule has 0 unspecified atom stereocenters. The molecule has 1 aromatic carbocycles. The normalized spacial score (nSPS) is 15.9. The van der Waals surface area contributed by atoms with Crippen molar-refractivity contribution in [3.05, 3.63) is 58.9 Å². The third kappa shape index (κ3) is 3.17. The van der Waals surface area contributed by atoms with E-state index in [1.807, 2.05) is 42.2 Å². The first-order chi connectivity index (χ1) is 10.0. The van der Waals surface area contributed by atoms with Gasteiger partial charge in [-0.25, -0.2) is 9.37 Å². The maximum absolute atomic E-state index is 14.5. The lowest BCUT2D eigenvalue weighted by Gasteiger charge is -2.42. The fourth-order valence-electron chi connectivity index (χ4n) is 2.27. The summed E-state index contributed by atoms with van der Waals surface area (Å²) in [6.07, 6.45) is 1.68. The number of rotatable bonds is 1. The summed E-state index contributed by atoms with van der Waals surface area (Å²) in [7, 11) is 0. The second kappa shape index (κ2) is 5.38. The summed E-state index contributed by atoms with van der Waals surface area (Å²) in [5.41, 5.74) is 1.11. The average Bonchev–Trinajstić information content (AvgIpc) is 2.42. The van der Waals surface area contributed by atoms with Crippen LogP contribution in [0.4, 0.5) is 10.1 Å². The maximum Gasteiger partial charge on any atom is 0.205 e.